The Hall–Kier alpha value is -0.400. The summed E-state index contributed by atoms with van der Waals surface area (Å²) >= 11 is 12.4. The molecule has 1 saturated carbocycles. The molecule has 0 aromatic heterocycles. The maximum Gasteiger partial charge on any atom is 0.122 e. The average molecular weight is 287 g/mol. The van der Waals surface area contributed by atoms with E-state index in [1.807, 2.05) is 18.2 Å². The molecule has 0 radical (unpaired) electrons. The van der Waals surface area contributed by atoms with Crippen molar-refractivity contribution in [1.82, 2.24) is 0 Å². The summed E-state index contributed by atoms with van der Waals surface area (Å²) in [6, 6.07) is 5.85. The molecule has 0 spiro atoms. The van der Waals surface area contributed by atoms with E-state index in [0.29, 0.717) is 11.3 Å². The van der Waals surface area contributed by atoms with Crippen LogP contribution in [-0.4, -0.2) is 12.5 Å². The molecule has 1 aromatic rings. The second-order valence-electron chi connectivity index (χ2n) is 5.14. The first kappa shape index (κ1) is 14.0. The quantitative estimate of drug-likeness (QED) is 0.556. The predicted molar refractivity (Wildman–Crippen MR) is 77.9 cm³/mol. The fourth-order valence-corrected chi connectivity index (χ4v) is 3.40. The zero-order valence-electron chi connectivity index (χ0n) is 10.8. The van der Waals surface area contributed by atoms with Crippen LogP contribution in [0, 0.1) is 5.92 Å². The Labute approximate surface area is 119 Å². The number of ether oxygens (including phenoxy) is 1. The Morgan fingerprint density at radius 3 is 2.83 bits per heavy atom. The van der Waals surface area contributed by atoms with Gasteiger partial charge in [-0.3, -0.25) is 0 Å². The minimum Gasteiger partial charge on any atom is -0.496 e. The zero-order chi connectivity index (χ0) is 13.0. The highest BCUT2D eigenvalue weighted by molar-refractivity contribution is 6.30. The van der Waals surface area contributed by atoms with E-state index >= 15 is 0 Å². The summed E-state index contributed by atoms with van der Waals surface area (Å²) in [5.41, 5.74) is 1.21. The van der Waals surface area contributed by atoms with Crippen molar-refractivity contribution in [3.05, 3.63) is 28.8 Å². The van der Waals surface area contributed by atoms with Crippen LogP contribution in [0.2, 0.25) is 5.02 Å². The Morgan fingerprint density at radius 2 is 2.06 bits per heavy atom. The first-order valence-corrected chi connectivity index (χ1v) is 7.47. The summed E-state index contributed by atoms with van der Waals surface area (Å²) in [6.45, 7) is 0. The lowest BCUT2D eigenvalue weighted by Crippen LogP contribution is -2.09. The molecule has 2 rings (SSSR count). The van der Waals surface area contributed by atoms with Crippen molar-refractivity contribution in [3.8, 4) is 5.75 Å². The number of hydrogen-bond acceptors (Lipinski definition) is 1. The number of hydrogen-bond donors (Lipinski definition) is 0. The maximum absolute atomic E-state index is 6.33. The molecule has 1 aromatic carbocycles. The van der Waals surface area contributed by atoms with Crippen LogP contribution in [0.3, 0.4) is 0 Å². The Morgan fingerprint density at radius 1 is 1.28 bits per heavy atom. The highest BCUT2D eigenvalue weighted by atomic mass is 35.5. The first-order valence-electron chi connectivity index (χ1n) is 6.65. The van der Waals surface area contributed by atoms with Crippen LogP contribution >= 0.6 is 23.2 Å². The molecule has 0 bridgehead atoms. The van der Waals surface area contributed by atoms with Crippen molar-refractivity contribution in [2.24, 2.45) is 5.92 Å². The van der Waals surface area contributed by atoms with Crippen molar-refractivity contribution in [2.45, 2.75) is 43.9 Å². The molecule has 2 unspecified atom stereocenters. The van der Waals surface area contributed by atoms with Gasteiger partial charge in [0.15, 0.2) is 0 Å². The Balaban J connectivity index is 2.09. The van der Waals surface area contributed by atoms with Crippen LogP contribution in [0.5, 0.6) is 5.75 Å². The van der Waals surface area contributed by atoms with E-state index in [1.54, 1.807) is 7.11 Å². The van der Waals surface area contributed by atoms with Crippen molar-refractivity contribution in [3.63, 3.8) is 0 Å². The van der Waals surface area contributed by atoms with E-state index in [9.17, 15) is 0 Å². The van der Waals surface area contributed by atoms with E-state index in [-0.39, 0.29) is 0 Å². The fourth-order valence-electron chi connectivity index (χ4n) is 2.80. The Bertz CT molecular complexity index is 392. The molecule has 1 fully saturated rings. The SMILES string of the molecule is COc1ccc(Cl)cc1CC1CCCCC(Cl)C1. The minimum absolute atomic E-state index is 0.336. The van der Waals surface area contributed by atoms with E-state index < -0.39 is 0 Å². The number of rotatable bonds is 3. The third-order valence-electron chi connectivity index (χ3n) is 3.72. The molecule has 1 nitrogen and oxygen atoms in total. The lowest BCUT2D eigenvalue weighted by atomic mass is 9.92. The van der Waals surface area contributed by atoms with Crippen molar-refractivity contribution in [1.29, 1.82) is 0 Å². The molecule has 3 heteroatoms. The zero-order valence-corrected chi connectivity index (χ0v) is 12.3. The second kappa shape index (κ2) is 6.68. The van der Waals surface area contributed by atoms with Gasteiger partial charge in [-0.05, 0) is 48.9 Å². The molecule has 0 N–H and O–H groups in total. The molecular weight excluding hydrogens is 267 g/mol. The average Bonchev–Trinajstić information content (AvgIpc) is 2.54. The summed E-state index contributed by atoms with van der Waals surface area (Å²) in [4.78, 5) is 0. The highest BCUT2D eigenvalue weighted by Gasteiger charge is 2.20. The summed E-state index contributed by atoms with van der Waals surface area (Å²) < 4.78 is 5.41. The summed E-state index contributed by atoms with van der Waals surface area (Å²) in [5, 5.41) is 1.12. The van der Waals surface area contributed by atoms with Crippen molar-refractivity contribution < 1.29 is 4.74 Å². The summed E-state index contributed by atoms with van der Waals surface area (Å²) in [5.74, 6) is 1.59. The third kappa shape index (κ3) is 3.80. The smallest absolute Gasteiger partial charge is 0.122 e. The topological polar surface area (TPSA) is 9.23 Å². The number of alkyl halides is 1. The van der Waals surface area contributed by atoms with Crippen molar-refractivity contribution in [2.75, 3.05) is 7.11 Å². The number of benzene rings is 1. The van der Waals surface area contributed by atoms with E-state index in [0.717, 1.165) is 30.0 Å². The van der Waals surface area contributed by atoms with Crippen LogP contribution in [0.4, 0.5) is 0 Å². The fraction of sp³-hybridized carbons (Fsp3) is 0.600. The first-order chi connectivity index (χ1) is 8.69. The van der Waals surface area contributed by atoms with Gasteiger partial charge < -0.3 is 4.74 Å². The van der Waals surface area contributed by atoms with Gasteiger partial charge >= 0.3 is 0 Å². The van der Waals surface area contributed by atoms with E-state index in [4.69, 9.17) is 27.9 Å². The van der Waals surface area contributed by atoms with Gasteiger partial charge in [-0.25, -0.2) is 0 Å². The third-order valence-corrected chi connectivity index (χ3v) is 4.35. The van der Waals surface area contributed by atoms with Gasteiger partial charge in [-0.15, -0.1) is 11.6 Å². The number of methoxy groups -OCH3 is 1. The lowest BCUT2D eigenvalue weighted by Gasteiger charge is -2.18. The number of halogens is 2. The molecule has 0 saturated heterocycles. The van der Waals surface area contributed by atoms with Gasteiger partial charge in [-0.1, -0.05) is 30.9 Å². The van der Waals surface area contributed by atoms with Gasteiger partial charge in [-0.2, -0.15) is 0 Å². The molecule has 1 aliphatic rings. The summed E-state index contributed by atoms with van der Waals surface area (Å²) in [7, 11) is 1.71. The van der Waals surface area contributed by atoms with Gasteiger partial charge in [0.1, 0.15) is 5.75 Å². The standard InChI is InChI=1S/C15H20Cl2O/c1-18-15-7-6-14(17)10-12(15)8-11-4-2-3-5-13(16)9-11/h6-7,10-11,13H,2-5,8-9H2,1H3. The van der Waals surface area contributed by atoms with Crippen LogP contribution in [0.1, 0.15) is 37.7 Å². The molecule has 0 aliphatic heterocycles. The molecule has 0 amide bonds. The maximum atomic E-state index is 6.33. The van der Waals surface area contributed by atoms with Crippen LogP contribution in [-0.2, 0) is 6.42 Å². The van der Waals surface area contributed by atoms with Gasteiger partial charge in [0, 0.05) is 10.4 Å². The predicted octanol–water partition coefficient (Wildman–Crippen LogP) is 5.08. The van der Waals surface area contributed by atoms with Gasteiger partial charge in [0.2, 0.25) is 0 Å². The molecule has 1 aliphatic carbocycles. The van der Waals surface area contributed by atoms with Gasteiger partial charge in [0.05, 0.1) is 7.11 Å². The highest BCUT2D eigenvalue weighted by Crippen LogP contribution is 2.32. The van der Waals surface area contributed by atoms with Gasteiger partial charge in [0.25, 0.3) is 0 Å². The minimum atomic E-state index is 0.336. The normalized spacial score (nSPS) is 24.6. The summed E-state index contributed by atoms with van der Waals surface area (Å²) in [6.07, 6.45) is 7.10. The molecular formula is C15H20Cl2O. The van der Waals surface area contributed by atoms with E-state index in [2.05, 4.69) is 0 Å². The second-order valence-corrected chi connectivity index (χ2v) is 6.20. The Kier molecular flexibility index (Phi) is 5.20. The monoisotopic (exact) mass is 286 g/mol. The van der Waals surface area contributed by atoms with Crippen molar-refractivity contribution >= 4 is 23.2 Å². The molecule has 2 atom stereocenters. The van der Waals surface area contributed by atoms with E-state index in [1.165, 1.54) is 24.8 Å². The van der Waals surface area contributed by atoms with Crippen LogP contribution < -0.4 is 4.74 Å². The molecule has 100 valence electrons. The lowest BCUT2D eigenvalue weighted by molar-refractivity contribution is 0.397. The van der Waals surface area contributed by atoms with Crippen LogP contribution in [0.25, 0.3) is 0 Å². The molecule has 0 heterocycles. The molecule has 18 heavy (non-hydrogen) atoms. The largest absolute Gasteiger partial charge is 0.496 e. The van der Waals surface area contributed by atoms with Crippen LogP contribution in [0.15, 0.2) is 18.2 Å².